The van der Waals surface area contributed by atoms with Gasteiger partial charge in [-0.05, 0) is 30.0 Å². The van der Waals surface area contributed by atoms with Gasteiger partial charge in [-0.1, -0.05) is 25.6 Å². The summed E-state index contributed by atoms with van der Waals surface area (Å²) in [5.74, 6) is -1.10. The second kappa shape index (κ2) is 8.61. The molecule has 0 bridgehead atoms. The first kappa shape index (κ1) is 20.8. The number of carbonyl (C=O) groups is 3. The lowest BCUT2D eigenvalue weighted by atomic mass is 9.72. The summed E-state index contributed by atoms with van der Waals surface area (Å²) in [6.07, 6.45) is 4.24. The predicted octanol–water partition coefficient (Wildman–Crippen LogP) is 2.63. The number of ketones is 1. The number of ether oxygens (including phenoxy) is 4. The van der Waals surface area contributed by atoms with Crippen LogP contribution in [0.15, 0.2) is 42.7 Å². The molecule has 1 unspecified atom stereocenters. The standard InChI is InChI=1S/C22H24O7/c1-4-7-27-21(25)17-11-22(20(10-18(17)24)28-13-29-22)14(2)8-15-5-6-19(26-3)16(9-15)12-23/h4-6,9-10,12,14,17H,1,7-8,11,13H2,2-3H3/t14?,17-,22-/m1/s1. The number of hydrogen-bond acceptors (Lipinski definition) is 7. The second-order valence-corrected chi connectivity index (χ2v) is 7.18. The van der Waals surface area contributed by atoms with Gasteiger partial charge in [-0.25, -0.2) is 0 Å². The Morgan fingerprint density at radius 1 is 1.45 bits per heavy atom. The van der Waals surface area contributed by atoms with Gasteiger partial charge < -0.3 is 18.9 Å². The Morgan fingerprint density at radius 3 is 2.93 bits per heavy atom. The summed E-state index contributed by atoms with van der Waals surface area (Å²) >= 11 is 0. The largest absolute Gasteiger partial charge is 0.496 e. The molecule has 7 nitrogen and oxygen atoms in total. The molecule has 154 valence electrons. The van der Waals surface area contributed by atoms with Crippen molar-refractivity contribution in [3.05, 3.63) is 53.8 Å². The van der Waals surface area contributed by atoms with Crippen LogP contribution in [0.1, 0.15) is 29.3 Å². The zero-order valence-corrected chi connectivity index (χ0v) is 16.5. The third-order valence-electron chi connectivity index (χ3n) is 5.46. The molecule has 0 amide bonds. The average Bonchev–Trinajstić information content (AvgIpc) is 3.15. The number of benzene rings is 1. The highest BCUT2D eigenvalue weighted by molar-refractivity contribution is 6.06. The number of esters is 1. The van der Waals surface area contributed by atoms with Crippen molar-refractivity contribution in [3.63, 3.8) is 0 Å². The maximum atomic E-state index is 12.4. The van der Waals surface area contributed by atoms with Crippen LogP contribution >= 0.6 is 0 Å². The van der Waals surface area contributed by atoms with E-state index in [2.05, 4.69) is 6.58 Å². The van der Waals surface area contributed by atoms with Crippen molar-refractivity contribution < 1.29 is 33.3 Å². The summed E-state index contributed by atoms with van der Waals surface area (Å²) in [4.78, 5) is 36.1. The lowest BCUT2D eigenvalue weighted by molar-refractivity contribution is -0.154. The van der Waals surface area contributed by atoms with Crippen molar-refractivity contribution in [3.8, 4) is 5.75 Å². The van der Waals surface area contributed by atoms with E-state index in [1.807, 2.05) is 13.0 Å². The maximum Gasteiger partial charge on any atom is 0.317 e. The minimum absolute atomic E-state index is 0.0140. The fourth-order valence-corrected chi connectivity index (χ4v) is 3.90. The summed E-state index contributed by atoms with van der Waals surface area (Å²) in [6.45, 7) is 5.54. The number of rotatable bonds is 8. The molecule has 29 heavy (non-hydrogen) atoms. The van der Waals surface area contributed by atoms with Crippen LogP contribution in [-0.2, 0) is 30.2 Å². The molecular formula is C22H24O7. The van der Waals surface area contributed by atoms with E-state index in [0.717, 1.165) is 11.8 Å². The minimum Gasteiger partial charge on any atom is -0.496 e. The third kappa shape index (κ3) is 3.96. The highest BCUT2D eigenvalue weighted by Gasteiger charge is 2.53. The van der Waals surface area contributed by atoms with Gasteiger partial charge >= 0.3 is 5.97 Å². The molecule has 0 radical (unpaired) electrons. The van der Waals surface area contributed by atoms with Crippen LogP contribution in [0.4, 0.5) is 0 Å². The predicted molar refractivity (Wildman–Crippen MR) is 103 cm³/mol. The van der Waals surface area contributed by atoms with Crippen molar-refractivity contribution in [2.45, 2.75) is 25.4 Å². The molecule has 1 aromatic rings. The van der Waals surface area contributed by atoms with Crippen molar-refractivity contribution in [1.29, 1.82) is 0 Å². The van der Waals surface area contributed by atoms with E-state index in [-0.39, 0.29) is 31.5 Å². The zero-order chi connectivity index (χ0) is 21.0. The number of fused-ring (bicyclic) bond motifs is 1. The number of hydrogen-bond donors (Lipinski definition) is 0. The van der Waals surface area contributed by atoms with E-state index in [9.17, 15) is 14.4 Å². The maximum absolute atomic E-state index is 12.4. The van der Waals surface area contributed by atoms with E-state index in [0.29, 0.717) is 23.5 Å². The van der Waals surface area contributed by atoms with Crippen molar-refractivity contribution in [1.82, 2.24) is 0 Å². The Kier molecular flexibility index (Phi) is 6.17. The fraction of sp³-hybridized carbons (Fsp3) is 0.409. The summed E-state index contributed by atoms with van der Waals surface area (Å²) in [7, 11) is 1.51. The summed E-state index contributed by atoms with van der Waals surface area (Å²) in [5.41, 5.74) is 0.457. The van der Waals surface area contributed by atoms with E-state index in [4.69, 9.17) is 18.9 Å². The molecule has 1 fully saturated rings. The third-order valence-corrected chi connectivity index (χ3v) is 5.46. The normalized spacial score (nSPS) is 24.0. The lowest BCUT2D eigenvalue weighted by Gasteiger charge is -2.37. The molecule has 1 aliphatic heterocycles. The van der Waals surface area contributed by atoms with E-state index < -0.39 is 17.5 Å². The summed E-state index contributed by atoms with van der Waals surface area (Å²) < 4.78 is 21.8. The fourth-order valence-electron chi connectivity index (χ4n) is 3.90. The Labute approximate surface area is 169 Å². The summed E-state index contributed by atoms with van der Waals surface area (Å²) in [6, 6.07) is 5.38. The summed E-state index contributed by atoms with van der Waals surface area (Å²) in [5, 5.41) is 0. The van der Waals surface area contributed by atoms with Crippen molar-refractivity contribution >= 4 is 18.0 Å². The smallest absolute Gasteiger partial charge is 0.317 e. The molecule has 1 aromatic carbocycles. The first-order valence-electron chi connectivity index (χ1n) is 9.37. The molecule has 0 N–H and O–H groups in total. The topological polar surface area (TPSA) is 88.1 Å². The molecule has 2 aliphatic rings. The van der Waals surface area contributed by atoms with Gasteiger partial charge in [0.15, 0.2) is 18.9 Å². The van der Waals surface area contributed by atoms with Gasteiger partial charge in [-0.15, -0.1) is 0 Å². The first-order valence-corrected chi connectivity index (χ1v) is 9.37. The SMILES string of the molecule is C=CCOC(=O)[C@@H]1C[C@]2(C(C)Cc3ccc(OC)c(C=O)c3)OCOC2=CC1=O. The molecule has 3 atom stereocenters. The second-order valence-electron chi connectivity index (χ2n) is 7.18. The monoisotopic (exact) mass is 400 g/mol. The van der Waals surface area contributed by atoms with Gasteiger partial charge in [0.05, 0.1) is 12.7 Å². The van der Waals surface area contributed by atoms with Crippen LogP contribution in [0.5, 0.6) is 5.75 Å². The highest BCUT2D eigenvalue weighted by Crippen LogP contribution is 2.46. The van der Waals surface area contributed by atoms with Gasteiger partial charge in [0.25, 0.3) is 0 Å². The Balaban J connectivity index is 1.85. The van der Waals surface area contributed by atoms with E-state index >= 15 is 0 Å². The number of methoxy groups -OCH3 is 1. The van der Waals surface area contributed by atoms with Crippen LogP contribution in [0, 0.1) is 11.8 Å². The Bertz CT molecular complexity index is 857. The molecule has 3 rings (SSSR count). The van der Waals surface area contributed by atoms with Gasteiger partial charge in [-0.2, -0.15) is 0 Å². The van der Waals surface area contributed by atoms with Crippen molar-refractivity contribution in [2.24, 2.45) is 11.8 Å². The van der Waals surface area contributed by atoms with Gasteiger partial charge in [0.2, 0.25) is 0 Å². The Hall–Kier alpha value is -2.93. The van der Waals surface area contributed by atoms with Crippen LogP contribution in [0.25, 0.3) is 0 Å². The molecule has 0 spiro atoms. The lowest BCUT2D eigenvalue weighted by Crippen LogP contribution is -2.47. The van der Waals surface area contributed by atoms with E-state index in [1.54, 1.807) is 12.1 Å². The first-order chi connectivity index (χ1) is 13.9. The van der Waals surface area contributed by atoms with Gasteiger partial charge in [-0.3, -0.25) is 14.4 Å². The molecular weight excluding hydrogens is 376 g/mol. The van der Waals surface area contributed by atoms with Gasteiger partial charge in [0.1, 0.15) is 29.6 Å². The van der Waals surface area contributed by atoms with Crippen LogP contribution in [0.2, 0.25) is 0 Å². The van der Waals surface area contributed by atoms with Crippen LogP contribution in [-0.4, -0.2) is 44.1 Å². The molecule has 0 aromatic heterocycles. The average molecular weight is 400 g/mol. The van der Waals surface area contributed by atoms with E-state index in [1.165, 1.54) is 19.3 Å². The number of carbonyl (C=O) groups excluding carboxylic acids is 3. The van der Waals surface area contributed by atoms with Gasteiger partial charge in [0, 0.05) is 12.5 Å². The number of aldehydes is 1. The quantitative estimate of drug-likeness (QED) is 0.287. The molecule has 0 saturated carbocycles. The molecule has 1 saturated heterocycles. The highest BCUT2D eigenvalue weighted by atomic mass is 16.7. The van der Waals surface area contributed by atoms with Crippen molar-refractivity contribution in [2.75, 3.05) is 20.5 Å². The Morgan fingerprint density at radius 2 is 2.24 bits per heavy atom. The number of allylic oxidation sites excluding steroid dienone is 1. The van der Waals surface area contributed by atoms with Crippen LogP contribution < -0.4 is 4.74 Å². The molecule has 1 aliphatic carbocycles. The van der Waals surface area contributed by atoms with Crippen LogP contribution in [0.3, 0.4) is 0 Å². The zero-order valence-electron chi connectivity index (χ0n) is 16.5. The molecule has 1 heterocycles. The minimum atomic E-state index is -0.954. The molecule has 7 heteroatoms.